The molecule has 0 atom stereocenters. The van der Waals surface area contributed by atoms with Gasteiger partial charge in [-0.25, -0.2) is 4.98 Å². The van der Waals surface area contributed by atoms with Crippen LogP contribution in [0.3, 0.4) is 0 Å². The van der Waals surface area contributed by atoms with Crippen LogP contribution in [0.15, 0.2) is 67.1 Å². The van der Waals surface area contributed by atoms with Crippen LogP contribution in [-0.4, -0.2) is 15.9 Å². The molecule has 6 heteroatoms. The molecule has 3 aromatic rings. The van der Waals surface area contributed by atoms with E-state index in [2.05, 4.69) is 15.3 Å². The SMILES string of the molecule is O=C(Nc1cccc(Oc2cnccn2)c1)c1cccc(Cl)c1. The van der Waals surface area contributed by atoms with Crippen LogP contribution >= 0.6 is 11.6 Å². The number of anilines is 1. The molecule has 0 saturated carbocycles. The summed E-state index contributed by atoms with van der Waals surface area (Å²) >= 11 is 5.89. The molecule has 2 aromatic carbocycles. The van der Waals surface area contributed by atoms with Crippen molar-refractivity contribution in [3.8, 4) is 11.6 Å². The molecule has 0 aliphatic heterocycles. The third-order valence-electron chi connectivity index (χ3n) is 2.94. The Hall–Kier alpha value is -2.92. The smallest absolute Gasteiger partial charge is 0.255 e. The van der Waals surface area contributed by atoms with E-state index in [1.807, 2.05) is 0 Å². The van der Waals surface area contributed by atoms with Gasteiger partial charge in [0.05, 0.1) is 6.20 Å². The van der Waals surface area contributed by atoms with Gasteiger partial charge in [-0.1, -0.05) is 23.7 Å². The van der Waals surface area contributed by atoms with Gasteiger partial charge >= 0.3 is 0 Å². The fraction of sp³-hybridized carbons (Fsp3) is 0. The highest BCUT2D eigenvalue weighted by Gasteiger charge is 2.07. The van der Waals surface area contributed by atoms with E-state index < -0.39 is 0 Å². The molecule has 1 N–H and O–H groups in total. The Kier molecular flexibility index (Phi) is 4.49. The predicted molar refractivity (Wildman–Crippen MR) is 88.0 cm³/mol. The zero-order valence-electron chi connectivity index (χ0n) is 11.9. The Labute approximate surface area is 137 Å². The number of amides is 1. The van der Waals surface area contributed by atoms with E-state index in [-0.39, 0.29) is 5.91 Å². The lowest BCUT2D eigenvalue weighted by atomic mass is 10.2. The van der Waals surface area contributed by atoms with Gasteiger partial charge in [-0.15, -0.1) is 0 Å². The Morgan fingerprint density at radius 1 is 1.09 bits per heavy atom. The maximum Gasteiger partial charge on any atom is 0.255 e. The molecular weight excluding hydrogens is 314 g/mol. The quantitative estimate of drug-likeness (QED) is 0.781. The molecule has 0 aliphatic carbocycles. The van der Waals surface area contributed by atoms with Crippen LogP contribution in [0.1, 0.15) is 10.4 Å². The fourth-order valence-corrected chi connectivity index (χ4v) is 2.12. The van der Waals surface area contributed by atoms with E-state index >= 15 is 0 Å². The maximum absolute atomic E-state index is 12.2. The number of benzene rings is 2. The number of rotatable bonds is 4. The minimum atomic E-state index is -0.246. The standard InChI is InChI=1S/C17H12ClN3O2/c18-13-4-1-3-12(9-13)17(22)21-14-5-2-6-15(10-14)23-16-11-19-7-8-20-16/h1-11H,(H,21,22). The summed E-state index contributed by atoms with van der Waals surface area (Å²) in [5.41, 5.74) is 1.09. The molecule has 0 bridgehead atoms. The zero-order chi connectivity index (χ0) is 16.1. The van der Waals surface area contributed by atoms with Crippen LogP contribution in [-0.2, 0) is 0 Å². The van der Waals surface area contributed by atoms with Crippen LogP contribution in [0.2, 0.25) is 5.02 Å². The van der Waals surface area contributed by atoms with Crippen molar-refractivity contribution in [1.29, 1.82) is 0 Å². The van der Waals surface area contributed by atoms with Crippen molar-refractivity contribution >= 4 is 23.2 Å². The predicted octanol–water partition coefficient (Wildman–Crippen LogP) is 4.17. The first-order valence-electron chi connectivity index (χ1n) is 6.81. The molecule has 0 spiro atoms. The van der Waals surface area contributed by atoms with Crippen molar-refractivity contribution in [2.75, 3.05) is 5.32 Å². The monoisotopic (exact) mass is 325 g/mol. The molecule has 1 aromatic heterocycles. The first-order valence-corrected chi connectivity index (χ1v) is 7.19. The molecule has 23 heavy (non-hydrogen) atoms. The molecular formula is C17H12ClN3O2. The van der Waals surface area contributed by atoms with Crippen molar-refractivity contribution < 1.29 is 9.53 Å². The summed E-state index contributed by atoms with van der Waals surface area (Å²) in [6.45, 7) is 0. The Bertz CT molecular complexity index is 825. The van der Waals surface area contributed by atoms with Gasteiger partial charge in [0.1, 0.15) is 5.75 Å². The van der Waals surface area contributed by atoms with Crippen molar-refractivity contribution in [1.82, 2.24) is 9.97 Å². The number of nitrogens with one attached hydrogen (secondary N) is 1. The second kappa shape index (κ2) is 6.89. The largest absolute Gasteiger partial charge is 0.437 e. The van der Waals surface area contributed by atoms with Crippen molar-refractivity contribution in [3.63, 3.8) is 0 Å². The summed E-state index contributed by atoms with van der Waals surface area (Å²) in [6, 6.07) is 13.8. The zero-order valence-corrected chi connectivity index (χ0v) is 12.7. The van der Waals surface area contributed by atoms with E-state index in [4.69, 9.17) is 16.3 Å². The highest BCUT2D eigenvalue weighted by atomic mass is 35.5. The lowest BCUT2D eigenvalue weighted by Crippen LogP contribution is -2.11. The summed E-state index contributed by atoms with van der Waals surface area (Å²) in [6.07, 6.45) is 4.62. The lowest BCUT2D eigenvalue weighted by Gasteiger charge is -2.08. The molecule has 1 heterocycles. The number of hydrogen-bond donors (Lipinski definition) is 1. The molecule has 0 unspecified atom stereocenters. The Morgan fingerprint density at radius 2 is 1.96 bits per heavy atom. The van der Waals surface area contributed by atoms with Gasteiger partial charge in [0.25, 0.3) is 5.91 Å². The van der Waals surface area contributed by atoms with Gasteiger partial charge < -0.3 is 10.1 Å². The van der Waals surface area contributed by atoms with Crippen LogP contribution < -0.4 is 10.1 Å². The summed E-state index contributed by atoms with van der Waals surface area (Å²) in [7, 11) is 0. The van der Waals surface area contributed by atoms with E-state index in [0.29, 0.717) is 27.9 Å². The molecule has 5 nitrogen and oxygen atoms in total. The van der Waals surface area contributed by atoms with E-state index in [0.717, 1.165) is 0 Å². The molecule has 3 rings (SSSR count). The molecule has 0 fully saturated rings. The van der Waals surface area contributed by atoms with Gasteiger partial charge in [-0.05, 0) is 30.3 Å². The fourth-order valence-electron chi connectivity index (χ4n) is 1.93. The van der Waals surface area contributed by atoms with Crippen LogP contribution in [0.4, 0.5) is 5.69 Å². The molecule has 0 radical (unpaired) electrons. The van der Waals surface area contributed by atoms with Gasteiger partial charge in [0.2, 0.25) is 5.88 Å². The third-order valence-corrected chi connectivity index (χ3v) is 3.18. The van der Waals surface area contributed by atoms with Crippen molar-refractivity contribution in [2.24, 2.45) is 0 Å². The summed E-state index contributed by atoms with van der Waals surface area (Å²) in [4.78, 5) is 20.2. The molecule has 0 saturated heterocycles. The van der Waals surface area contributed by atoms with E-state index in [1.165, 1.54) is 6.20 Å². The average molecular weight is 326 g/mol. The number of carbonyl (C=O) groups excluding carboxylic acids is 1. The van der Waals surface area contributed by atoms with Crippen LogP contribution in [0, 0.1) is 0 Å². The Morgan fingerprint density at radius 3 is 2.74 bits per heavy atom. The minimum absolute atomic E-state index is 0.246. The van der Waals surface area contributed by atoms with E-state index in [9.17, 15) is 4.79 Å². The highest BCUT2D eigenvalue weighted by molar-refractivity contribution is 6.31. The third kappa shape index (κ3) is 4.05. The Balaban J connectivity index is 1.74. The summed E-state index contributed by atoms with van der Waals surface area (Å²) in [5.74, 6) is 0.685. The maximum atomic E-state index is 12.2. The average Bonchev–Trinajstić information content (AvgIpc) is 2.56. The molecule has 0 aliphatic rings. The second-order valence-corrected chi connectivity index (χ2v) is 5.07. The number of carbonyl (C=O) groups is 1. The van der Waals surface area contributed by atoms with Gasteiger partial charge in [-0.2, -0.15) is 0 Å². The highest BCUT2D eigenvalue weighted by Crippen LogP contribution is 2.22. The first kappa shape index (κ1) is 15.0. The summed E-state index contributed by atoms with van der Waals surface area (Å²) in [5, 5.41) is 3.31. The number of halogens is 1. The number of hydrogen-bond acceptors (Lipinski definition) is 4. The second-order valence-electron chi connectivity index (χ2n) is 4.64. The number of nitrogens with zero attached hydrogens (tertiary/aromatic N) is 2. The van der Waals surface area contributed by atoms with E-state index in [1.54, 1.807) is 60.9 Å². The first-order chi connectivity index (χ1) is 11.2. The normalized spacial score (nSPS) is 10.1. The molecule has 114 valence electrons. The molecule has 1 amide bonds. The van der Waals surface area contributed by atoms with Gasteiger partial charge in [-0.3, -0.25) is 9.78 Å². The number of ether oxygens (including phenoxy) is 1. The lowest BCUT2D eigenvalue weighted by molar-refractivity contribution is 0.102. The van der Waals surface area contributed by atoms with Gasteiger partial charge in [0, 0.05) is 34.7 Å². The van der Waals surface area contributed by atoms with Crippen LogP contribution in [0.25, 0.3) is 0 Å². The number of aromatic nitrogens is 2. The van der Waals surface area contributed by atoms with Crippen molar-refractivity contribution in [2.45, 2.75) is 0 Å². The van der Waals surface area contributed by atoms with Gasteiger partial charge in [0.15, 0.2) is 0 Å². The topological polar surface area (TPSA) is 64.1 Å². The minimum Gasteiger partial charge on any atom is -0.437 e. The van der Waals surface area contributed by atoms with Crippen LogP contribution in [0.5, 0.6) is 11.6 Å². The van der Waals surface area contributed by atoms with Crippen molar-refractivity contribution in [3.05, 3.63) is 77.7 Å². The summed E-state index contributed by atoms with van der Waals surface area (Å²) < 4.78 is 5.58.